The van der Waals surface area contributed by atoms with Gasteiger partial charge in [0.25, 0.3) is 0 Å². The van der Waals surface area contributed by atoms with Gasteiger partial charge in [0, 0.05) is 5.41 Å². The second kappa shape index (κ2) is 9.82. The van der Waals surface area contributed by atoms with Gasteiger partial charge in [0.2, 0.25) is 0 Å². The molecule has 27 heavy (non-hydrogen) atoms. The van der Waals surface area contributed by atoms with E-state index in [0.29, 0.717) is 35.2 Å². The van der Waals surface area contributed by atoms with Crippen LogP contribution in [0.1, 0.15) is 66.5 Å². The predicted octanol–water partition coefficient (Wildman–Crippen LogP) is 6.99. The van der Waals surface area contributed by atoms with Crippen LogP contribution in [-0.4, -0.2) is 10.2 Å². The molecule has 0 saturated heterocycles. The smallest absolute Gasteiger partial charge is 0.115 e. The molecule has 1 aliphatic carbocycles. The molecule has 0 heterocycles. The molecule has 0 spiro atoms. The van der Waals surface area contributed by atoms with E-state index in [2.05, 4.69) is 52.0 Å². The Morgan fingerprint density at radius 2 is 0.815 bits per heavy atom. The molecule has 150 valence electrons. The Balaban J connectivity index is 0.000000855. The summed E-state index contributed by atoms with van der Waals surface area (Å²) in [6.07, 6.45) is 0. The van der Waals surface area contributed by atoms with E-state index in [1.54, 1.807) is 24.3 Å². The molecule has 1 aliphatic rings. The molecular formula is C25H38O2. The van der Waals surface area contributed by atoms with Crippen molar-refractivity contribution in [3.8, 4) is 11.5 Å². The molecule has 2 nitrogen and oxygen atoms in total. The van der Waals surface area contributed by atoms with Gasteiger partial charge in [-0.25, -0.2) is 0 Å². The number of phenols is 2. The van der Waals surface area contributed by atoms with Crippen molar-refractivity contribution < 1.29 is 10.2 Å². The van der Waals surface area contributed by atoms with Crippen LogP contribution >= 0.6 is 0 Å². The van der Waals surface area contributed by atoms with Gasteiger partial charge in [-0.15, -0.1) is 0 Å². The van der Waals surface area contributed by atoms with Crippen LogP contribution < -0.4 is 0 Å². The summed E-state index contributed by atoms with van der Waals surface area (Å²) in [4.78, 5) is 0. The lowest BCUT2D eigenvalue weighted by Gasteiger charge is -2.40. The van der Waals surface area contributed by atoms with Gasteiger partial charge in [-0.05, 0) is 59.1 Å². The highest BCUT2D eigenvalue weighted by Crippen LogP contribution is 2.58. The second-order valence-electron chi connectivity index (χ2n) is 7.26. The average molecular weight is 371 g/mol. The zero-order valence-corrected chi connectivity index (χ0v) is 18.3. The Bertz CT molecular complexity index is 611. The first-order valence-corrected chi connectivity index (χ1v) is 10.5. The van der Waals surface area contributed by atoms with E-state index in [1.165, 1.54) is 11.1 Å². The van der Waals surface area contributed by atoms with Crippen LogP contribution in [-0.2, 0) is 5.41 Å². The van der Waals surface area contributed by atoms with Crippen LogP contribution in [0.2, 0.25) is 0 Å². The van der Waals surface area contributed by atoms with E-state index in [9.17, 15) is 10.2 Å². The quantitative estimate of drug-likeness (QED) is 0.598. The predicted molar refractivity (Wildman–Crippen MR) is 116 cm³/mol. The van der Waals surface area contributed by atoms with Crippen LogP contribution in [0.5, 0.6) is 11.5 Å². The summed E-state index contributed by atoms with van der Waals surface area (Å²) in [5, 5.41) is 19.4. The van der Waals surface area contributed by atoms with Gasteiger partial charge in [0.05, 0.1) is 0 Å². The van der Waals surface area contributed by atoms with E-state index in [0.717, 1.165) is 0 Å². The van der Waals surface area contributed by atoms with Gasteiger partial charge in [0.1, 0.15) is 11.5 Å². The zero-order valence-electron chi connectivity index (χ0n) is 18.3. The highest BCUT2D eigenvalue weighted by Gasteiger charge is 2.54. The molecular weight excluding hydrogens is 332 g/mol. The number of aromatic hydroxyl groups is 2. The highest BCUT2D eigenvalue weighted by molar-refractivity contribution is 5.46. The minimum absolute atomic E-state index is 0.0970. The van der Waals surface area contributed by atoms with Gasteiger partial charge in [-0.1, -0.05) is 79.7 Å². The van der Waals surface area contributed by atoms with Crippen LogP contribution in [0.4, 0.5) is 0 Å². The van der Waals surface area contributed by atoms with E-state index in [4.69, 9.17) is 0 Å². The maximum Gasteiger partial charge on any atom is 0.115 e. The number of phenolic OH excluding ortho intramolecular Hbond substituents is 2. The molecule has 3 rings (SSSR count). The van der Waals surface area contributed by atoms with Crippen LogP contribution in [0, 0.1) is 23.7 Å². The summed E-state index contributed by atoms with van der Waals surface area (Å²) in [6, 6.07) is 15.4. The maximum atomic E-state index is 9.69. The van der Waals surface area contributed by atoms with Gasteiger partial charge in [0.15, 0.2) is 0 Å². The third kappa shape index (κ3) is 4.00. The molecule has 0 aromatic heterocycles. The summed E-state index contributed by atoms with van der Waals surface area (Å²) < 4.78 is 0. The lowest BCUT2D eigenvalue weighted by atomic mass is 9.63. The minimum atomic E-state index is -0.0970. The van der Waals surface area contributed by atoms with E-state index < -0.39 is 0 Å². The third-order valence-corrected chi connectivity index (χ3v) is 6.53. The molecule has 2 aromatic rings. The number of hydrogen-bond donors (Lipinski definition) is 2. The van der Waals surface area contributed by atoms with Crippen molar-refractivity contribution in [1.82, 2.24) is 0 Å². The molecule has 0 radical (unpaired) electrons. The Hall–Kier alpha value is -1.96. The zero-order chi connectivity index (χ0) is 20.8. The van der Waals surface area contributed by atoms with Crippen molar-refractivity contribution in [1.29, 1.82) is 0 Å². The Labute approximate surface area is 166 Å². The van der Waals surface area contributed by atoms with Gasteiger partial charge < -0.3 is 10.2 Å². The van der Waals surface area contributed by atoms with Crippen molar-refractivity contribution in [3.63, 3.8) is 0 Å². The van der Waals surface area contributed by atoms with Crippen LogP contribution in [0.3, 0.4) is 0 Å². The summed E-state index contributed by atoms with van der Waals surface area (Å²) in [5.41, 5.74) is 2.40. The first-order valence-electron chi connectivity index (χ1n) is 10.5. The Kier molecular flexibility index (Phi) is 8.40. The largest absolute Gasteiger partial charge is 0.508 e. The fraction of sp³-hybridized carbons (Fsp3) is 0.520. The molecule has 1 fully saturated rings. The van der Waals surface area contributed by atoms with Gasteiger partial charge in [-0.3, -0.25) is 0 Å². The van der Waals surface area contributed by atoms with Gasteiger partial charge in [-0.2, -0.15) is 0 Å². The van der Waals surface area contributed by atoms with Crippen molar-refractivity contribution >= 4 is 0 Å². The number of rotatable bonds is 2. The first-order chi connectivity index (χ1) is 12.9. The minimum Gasteiger partial charge on any atom is -0.508 e. The summed E-state index contributed by atoms with van der Waals surface area (Å²) >= 11 is 0. The van der Waals surface area contributed by atoms with Crippen molar-refractivity contribution in [2.24, 2.45) is 23.7 Å². The van der Waals surface area contributed by atoms with Crippen LogP contribution in [0.25, 0.3) is 0 Å². The topological polar surface area (TPSA) is 40.5 Å². The fourth-order valence-electron chi connectivity index (χ4n) is 4.85. The molecule has 2 heteroatoms. The molecule has 2 N–H and O–H groups in total. The molecule has 0 bridgehead atoms. The molecule has 4 atom stereocenters. The average Bonchev–Trinajstić information content (AvgIpc) is 2.88. The fourth-order valence-corrected chi connectivity index (χ4v) is 4.85. The van der Waals surface area contributed by atoms with Gasteiger partial charge >= 0.3 is 0 Å². The highest BCUT2D eigenvalue weighted by atomic mass is 16.3. The van der Waals surface area contributed by atoms with Crippen LogP contribution in [0.15, 0.2) is 48.5 Å². The lowest BCUT2D eigenvalue weighted by molar-refractivity contribution is 0.305. The maximum absolute atomic E-state index is 9.69. The number of benzene rings is 2. The molecule has 2 aromatic carbocycles. The Morgan fingerprint density at radius 3 is 1.07 bits per heavy atom. The summed E-state index contributed by atoms with van der Waals surface area (Å²) in [7, 11) is 0. The van der Waals surface area contributed by atoms with E-state index >= 15 is 0 Å². The van der Waals surface area contributed by atoms with E-state index in [-0.39, 0.29) is 5.41 Å². The SMILES string of the molecule is CC.CC.CC1C(C)C(C)C(c2ccc(O)cc2)(c2ccc(O)cc2)C1C. The van der Waals surface area contributed by atoms with Crippen molar-refractivity contribution in [2.45, 2.75) is 60.8 Å². The van der Waals surface area contributed by atoms with Crippen molar-refractivity contribution in [3.05, 3.63) is 59.7 Å². The standard InChI is InChI=1S/C21H26O2.2C2H6/c1-13-14(2)16(4)21(15(13)3,17-5-9-19(22)10-6-17)18-7-11-20(23)12-8-18;2*1-2/h5-16,22-23H,1-4H3;2*1-2H3. The normalized spacial score (nSPS) is 25.6. The Morgan fingerprint density at radius 1 is 0.556 bits per heavy atom. The van der Waals surface area contributed by atoms with Crippen molar-refractivity contribution in [2.75, 3.05) is 0 Å². The molecule has 4 unspecified atom stereocenters. The number of hydrogen-bond acceptors (Lipinski definition) is 2. The molecule has 0 amide bonds. The van der Waals surface area contributed by atoms with E-state index in [1.807, 2.05) is 27.7 Å². The molecule has 1 saturated carbocycles. The first kappa shape index (κ1) is 23.1. The third-order valence-electron chi connectivity index (χ3n) is 6.53. The second-order valence-corrected chi connectivity index (χ2v) is 7.26. The summed E-state index contributed by atoms with van der Waals surface area (Å²) in [6.45, 7) is 17.4. The lowest BCUT2D eigenvalue weighted by Crippen LogP contribution is -2.37. The molecule has 0 aliphatic heterocycles. The monoisotopic (exact) mass is 370 g/mol. The summed E-state index contributed by atoms with van der Waals surface area (Å²) in [5.74, 6) is 2.76.